The summed E-state index contributed by atoms with van der Waals surface area (Å²) in [6.07, 6.45) is 1.03. The van der Waals surface area contributed by atoms with Crippen molar-refractivity contribution in [3.8, 4) is 0 Å². The third-order valence-corrected chi connectivity index (χ3v) is 3.91. The number of nitrogens with one attached hydrogen (secondary N) is 1. The standard InChI is InChI=1S/C13H21N5/c1-10-11-9-14-4-3-12(11)16-13(15-10)18-7-5-17(2)6-8-18/h14H,3-9H2,1-2H3. The van der Waals surface area contributed by atoms with Gasteiger partial charge in [0, 0.05) is 56.9 Å². The van der Waals surface area contributed by atoms with Crippen LogP contribution in [0.3, 0.4) is 0 Å². The number of anilines is 1. The first-order valence-corrected chi connectivity index (χ1v) is 6.74. The monoisotopic (exact) mass is 247 g/mol. The maximum absolute atomic E-state index is 4.78. The molecule has 2 aliphatic rings. The number of fused-ring (bicyclic) bond motifs is 1. The summed E-state index contributed by atoms with van der Waals surface area (Å²) < 4.78 is 0. The van der Waals surface area contributed by atoms with Crippen LogP contribution in [0.1, 0.15) is 17.0 Å². The van der Waals surface area contributed by atoms with Crippen molar-refractivity contribution < 1.29 is 0 Å². The van der Waals surface area contributed by atoms with Crippen molar-refractivity contribution in [2.75, 3.05) is 44.7 Å². The fourth-order valence-corrected chi connectivity index (χ4v) is 2.64. The number of piperazine rings is 1. The summed E-state index contributed by atoms with van der Waals surface area (Å²) >= 11 is 0. The fourth-order valence-electron chi connectivity index (χ4n) is 2.64. The van der Waals surface area contributed by atoms with Crippen molar-refractivity contribution >= 4 is 5.95 Å². The molecule has 0 aromatic carbocycles. The lowest BCUT2D eigenvalue weighted by Crippen LogP contribution is -2.45. The van der Waals surface area contributed by atoms with Crippen molar-refractivity contribution in [1.29, 1.82) is 0 Å². The highest BCUT2D eigenvalue weighted by atomic mass is 15.3. The van der Waals surface area contributed by atoms with E-state index in [1.165, 1.54) is 11.3 Å². The van der Waals surface area contributed by atoms with Gasteiger partial charge in [-0.25, -0.2) is 9.97 Å². The van der Waals surface area contributed by atoms with E-state index in [1.807, 2.05) is 0 Å². The fraction of sp³-hybridized carbons (Fsp3) is 0.692. The lowest BCUT2D eigenvalue weighted by molar-refractivity contribution is 0.311. The van der Waals surface area contributed by atoms with E-state index in [-0.39, 0.29) is 0 Å². The van der Waals surface area contributed by atoms with Crippen molar-refractivity contribution in [2.24, 2.45) is 0 Å². The second-order valence-electron chi connectivity index (χ2n) is 5.25. The van der Waals surface area contributed by atoms with Gasteiger partial charge in [-0.15, -0.1) is 0 Å². The smallest absolute Gasteiger partial charge is 0.225 e. The molecule has 0 unspecified atom stereocenters. The highest BCUT2D eigenvalue weighted by Gasteiger charge is 2.20. The Labute approximate surface area is 108 Å². The lowest BCUT2D eigenvalue weighted by Gasteiger charge is -2.33. The quantitative estimate of drug-likeness (QED) is 0.767. The topological polar surface area (TPSA) is 44.3 Å². The molecule has 0 bridgehead atoms. The number of hydrogen-bond donors (Lipinski definition) is 1. The van der Waals surface area contributed by atoms with Crippen LogP contribution in [0.25, 0.3) is 0 Å². The summed E-state index contributed by atoms with van der Waals surface area (Å²) in [5.41, 5.74) is 3.69. The van der Waals surface area contributed by atoms with Gasteiger partial charge < -0.3 is 15.1 Å². The van der Waals surface area contributed by atoms with E-state index in [2.05, 4.69) is 29.1 Å². The minimum Gasteiger partial charge on any atom is -0.338 e. The molecule has 0 radical (unpaired) electrons. The summed E-state index contributed by atoms with van der Waals surface area (Å²) in [4.78, 5) is 14.1. The second kappa shape index (κ2) is 4.82. The SMILES string of the molecule is Cc1nc(N2CCN(C)CC2)nc2c1CNCC2. The summed E-state index contributed by atoms with van der Waals surface area (Å²) in [7, 11) is 2.17. The van der Waals surface area contributed by atoms with Gasteiger partial charge >= 0.3 is 0 Å². The van der Waals surface area contributed by atoms with Crippen molar-refractivity contribution in [2.45, 2.75) is 19.9 Å². The van der Waals surface area contributed by atoms with Crippen LogP contribution < -0.4 is 10.2 Å². The van der Waals surface area contributed by atoms with E-state index in [0.29, 0.717) is 0 Å². The number of rotatable bonds is 1. The zero-order valence-corrected chi connectivity index (χ0v) is 11.2. The van der Waals surface area contributed by atoms with Crippen LogP contribution in [-0.4, -0.2) is 54.6 Å². The zero-order valence-electron chi connectivity index (χ0n) is 11.2. The molecule has 1 saturated heterocycles. The lowest BCUT2D eigenvalue weighted by atomic mass is 10.1. The molecule has 1 aromatic heterocycles. The van der Waals surface area contributed by atoms with E-state index in [1.54, 1.807) is 0 Å². The van der Waals surface area contributed by atoms with Gasteiger partial charge in [0.2, 0.25) is 5.95 Å². The largest absolute Gasteiger partial charge is 0.338 e. The molecule has 3 heterocycles. The van der Waals surface area contributed by atoms with Crippen LogP contribution in [0.15, 0.2) is 0 Å². The summed E-state index contributed by atoms with van der Waals surface area (Å²) in [5.74, 6) is 0.932. The Morgan fingerprint density at radius 2 is 1.89 bits per heavy atom. The van der Waals surface area contributed by atoms with E-state index in [0.717, 1.165) is 57.3 Å². The Morgan fingerprint density at radius 3 is 2.67 bits per heavy atom. The number of likely N-dealkylation sites (N-methyl/N-ethyl adjacent to an activating group) is 1. The molecule has 0 aliphatic carbocycles. The maximum atomic E-state index is 4.78. The van der Waals surface area contributed by atoms with Gasteiger partial charge in [0.15, 0.2) is 0 Å². The second-order valence-corrected chi connectivity index (χ2v) is 5.25. The van der Waals surface area contributed by atoms with Gasteiger partial charge in [-0.3, -0.25) is 0 Å². The number of hydrogen-bond acceptors (Lipinski definition) is 5. The van der Waals surface area contributed by atoms with Crippen molar-refractivity contribution in [1.82, 2.24) is 20.2 Å². The molecule has 98 valence electrons. The van der Waals surface area contributed by atoms with Crippen molar-refractivity contribution in [3.05, 3.63) is 17.0 Å². The normalized spacial score (nSPS) is 20.9. The Morgan fingerprint density at radius 1 is 1.11 bits per heavy atom. The molecule has 0 spiro atoms. The molecule has 3 rings (SSSR count). The van der Waals surface area contributed by atoms with E-state index in [9.17, 15) is 0 Å². The molecule has 1 N–H and O–H groups in total. The third kappa shape index (κ3) is 2.20. The van der Waals surface area contributed by atoms with Crippen LogP contribution in [-0.2, 0) is 13.0 Å². The summed E-state index contributed by atoms with van der Waals surface area (Å²) in [5, 5.41) is 3.39. The Balaban J connectivity index is 1.86. The van der Waals surface area contributed by atoms with Gasteiger partial charge in [-0.2, -0.15) is 0 Å². The predicted octanol–water partition coefficient (Wildman–Crippen LogP) is 0.183. The number of nitrogens with zero attached hydrogens (tertiary/aromatic N) is 4. The van der Waals surface area contributed by atoms with E-state index < -0.39 is 0 Å². The minimum absolute atomic E-state index is 0.921. The predicted molar refractivity (Wildman–Crippen MR) is 71.9 cm³/mol. The van der Waals surface area contributed by atoms with Crippen LogP contribution in [0.4, 0.5) is 5.95 Å². The molecule has 1 fully saturated rings. The average Bonchev–Trinajstić information content (AvgIpc) is 2.39. The van der Waals surface area contributed by atoms with Crippen LogP contribution in [0.5, 0.6) is 0 Å². The van der Waals surface area contributed by atoms with Gasteiger partial charge in [-0.1, -0.05) is 0 Å². The molecule has 0 amide bonds. The van der Waals surface area contributed by atoms with Crippen molar-refractivity contribution in [3.63, 3.8) is 0 Å². The number of aryl methyl sites for hydroxylation is 1. The van der Waals surface area contributed by atoms with Gasteiger partial charge in [-0.05, 0) is 14.0 Å². The summed E-state index contributed by atoms with van der Waals surface area (Å²) in [6, 6.07) is 0. The molecule has 5 heteroatoms. The molecule has 1 aromatic rings. The molecule has 2 aliphatic heterocycles. The Kier molecular flexibility index (Phi) is 3.18. The van der Waals surface area contributed by atoms with Gasteiger partial charge in [0.1, 0.15) is 0 Å². The van der Waals surface area contributed by atoms with Crippen LogP contribution in [0.2, 0.25) is 0 Å². The van der Waals surface area contributed by atoms with Gasteiger partial charge in [0.05, 0.1) is 5.69 Å². The zero-order chi connectivity index (χ0) is 12.5. The molecular weight excluding hydrogens is 226 g/mol. The van der Waals surface area contributed by atoms with Gasteiger partial charge in [0.25, 0.3) is 0 Å². The molecule has 5 nitrogen and oxygen atoms in total. The first-order valence-electron chi connectivity index (χ1n) is 6.74. The maximum Gasteiger partial charge on any atom is 0.225 e. The Bertz CT molecular complexity index is 437. The molecule has 18 heavy (non-hydrogen) atoms. The average molecular weight is 247 g/mol. The first kappa shape index (κ1) is 11.9. The molecule has 0 saturated carbocycles. The highest BCUT2D eigenvalue weighted by Crippen LogP contribution is 2.19. The van der Waals surface area contributed by atoms with Crippen LogP contribution in [0, 0.1) is 6.92 Å². The summed E-state index contributed by atoms with van der Waals surface area (Å²) in [6.45, 7) is 8.32. The third-order valence-electron chi connectivity index (χ3n) is 3.91. The Hall–Kier alpha value is -1.20. The van der Waals surface area contributed by atoms with E-state index in [4.69, 9.17) is 9.97 Å². The van der Waals surface area contributed by atoms with E-state index >= 15 is 0 Å². The highest BCUT2D eigenvalue weighted by molar-refractivity contribution is 5.38. The van der Waals surface area contributed by atoms with Crippen LogP contribution >= 0.6 is 0 Å². The molecular formula is C13H21N5. The minimum atomic E-state index is 0.921. The first-order chi connectivity index (χ1) is 8.74. The number of aromatic nitrogens is 2. The molecule has 0 atom stereocenters.